The van der Waals surface area contributed by atoms with Crippen LogP contribution in [0.25, 0.3) is 0 Å². The zero-order valence-corrected chi connectivity index (χ0v) is 6.94. The van der Waals surface area contributed by atoms with Gasteiger partial charge in [-0.2, -0.15) is 5.10 Å². The van der Waals surface area contributed by atoms with Crippen molar-refractivity contribution >= 4 is 0 Å². The number of rotatable bonds is 3. The molecule has 2 heterocycles. The number of aliphatic hydroxyl groups is 1. The lowest BCUT2D eigenvalue weighted by Gasteiger charge is -2.04. The Labute approximate surface area is 74.8 Å². The summed E-state index contributed by atoms with van der Waals surface area (Å²) in [6.07, 6.45) is 6.60. The molecule has 5 heteroatoms. The van der Waals surface area contributed by atoms with Gasteiger partial charge < -0.3 is 10.1 Å². The minimum absolute atomic E-state index is 0.479. The maximum absolute atomic E-state index is 9.66. The van der Waals surface area contributed by atoms with Crippen molar-refractivity contribution in [3.8, 4) is 0 Å². The Morgan fingerprint density at radius 3 is 3.08 bits per heavy atom. The Bertz CT molecular complexity index is 340. The van der Waals surface area contributed by atoms with Crippen molar-refractivity contribution in [3.63, 3.8) is 0 Å². The first-order valence-electron chi connectivity index (χ1n) is 4.01. The first kappa shape index (κ1) is 8.00. The van der Waals surface area contributed by atoms with Gasteiger partial charge in [-0.1, -0.05) is 0 Å². The average Bonchev–Trinajstić information content (AvgIpc) is 2.74. The van der Waals surface area contributed by atoms with Crippen LogP contribution in [0.2, 0.25) is 0 Å². The topological polar surface area (TPSA) is 77.6 Å². The summed E-state index contributed by atoms with van der Waals surface area (Å²) in [5.74, 6) is 0.772. The number of nitrogens with zero attached hydrogens (tertiary/aromatic N) is 2. The molecule has 0 radical (unpaired) electrons. The molecule has 0 aliphatic heterocycles. The number of H-pyrrole nitrogens is 2. The second-order valence-corrected chi connectivity index (χ2v) is 2.79. The van der Waals surface area contributed by atoms with Crippen LogP contribution < -0.4 is 0 Å². The van der Waals surface area contributed by atoms with Gasteiger partial charge >= 0.3 is 0 Å². The molecule has 0 aromatic carbocycles. The fraction of sp³-hybridized carbons (Fsp3) is 0.250. The minimum Gasteiger partial charge on any atom is -0.388 e. The zero-order chi connectivity index (χ0) is 9.10. The largest absolute Gasteiger partial charge is 0.388 e. The summed E-state index contributed by atoms with van der Waals surface area (Å²) in [5, 5.41) is 16.1. The molecule has 0 aliphatic carbocycles. The average molecular weight is 178 g/mol. The third kappa shape index (κ3) is 1.75. The number of aromatic amines is 2. The van der Waals surface area contributed by atoms with Crippen molar-refractivity contribution in [3.05, 3.63) is 36.2 Å². The lowest BCUT2D eigenvalue weighted by atomic mass is 10.1. The van der Waals surface area contributed by atoms with Crippen LogP contribution in [0.4, 0.5) is 0 Å². The number of nitrogens with one attached hydrogen (secondary N) is 2. The molecule has 0 spiro atoms. The lowest BCUT2D eigenvalue weighted by molar-refractivity contribution is 0.176. The van der Waals surface area contributed by atoms with Gasteiger partial charge in [0.2, 0.25) is 0 Å². The number of aromatic nitrogens is 4. The van der Waals surface area contributed by atoms with Gasteiger partial charge in [0.25, 0.3) is 0 Å². The number of hydrogen-bond acceptors (Lipinski definition) is 3. The van der Waals surface area contributed by atoms with E-state index >= 15 is 0 Å². The highest BCUT2D eigenvalue weighted by Crippen LogP contribution is 2.13. The highest BCUT2D eigenvalue weighted by molar-refractivity contribution is 5.08. The smallest absolute Gasteiger partial charge is 0.108 e. The van der Waals surface area contributed by atoms with Crippen LogP contribution in [0.15, 0.2) is 24.8 Å². The van der Waals surface area contributed by atoms with E-state index in [0.29, 0.717) is 6.42 Å². The first-order valence-corrected chi connectivity index (χ1v) is 4.01. The standard InChI is InChI=1S/C8H10N4O/c13-7(6-4-11-12-5-6)3-8-9-1-2-10-8/h1-2,4-5,7,13H,3H2,(H,9,10)(H,11,12). The van der Waals surface area contributed by atoms with Gasteiger partial charge in [-0.15, -0.1) is 0 Å². The van der Waals surface area contributed by atoms with Crippen molar-refractivity contribution < 1.29 is 5.11 Å². The third-order valence-corrected chi connectivity index (χ3v) is 1.85. The molecule has 3 N–H and O–H groups in total. The maximum Gasteiger partial charge on any atom is 0.108 e. The Morgan fingerprint density at radius 2 is 2.46 bits per heavy atom. The molecule has 1 unspecified atom stereocenters. The molecule has 2 rings (SSSR count). The Morgan fingerprint density at radius 1 is 1.54 bits per heavy atom. The fourth-order valence-electron chi connectivity index (χ4n) is 1.15. The van der Waals surface area contributed by atoms with E-state index in [1.54, 1.807) is 24.8 Å². The molecule has 0 aliphatic rings. The molecule has 0 amide bonds. The molecule has 68 valence electrons. The fourth-order valence-corrected chi connectivity index (χ4v) is 1.15. The van der Waals surface area contributed by atoms with Gasteiger partial charge in [0.1, 0.15) is 5.82 Å². The van der Waals surface area contributed by atoms with Gasteiger partial charge in [0.15, 0.2) is 0 Å². The monoisotopic (exact) mass is 178 g/mol. The number of aliphatic hydroxyl groups excluding tert-OH is 1. The second-order valence-electron chi connectivity index (χ2n) is 2.79. The highest BCUT2D eigenvalue weighted by Gasteiger charge is 2.10. The van der Waals surface area contributed by atoms with Crippen molar-refractivity contribution in [1.29, 1.82) is 0 Å². The molecule has 2 aromatic heterocycles. The number of hydrogen-bond donors (Lipinski definition) is 3. The summed E-state index contributed by atoms with van der Waals surface area (Å²) in [4.78, 5) is 6.95. The summed E-state index contributed by atoms with van der Waals surface area (Å²) < 4.78 is 0. The normalized spacial score (nSPS) is 13.0. The van der Waals surface area contributed by atoms with E-state index < -0.39 is 6.10 Å². The van der Waals surface area contributed by atoms with Crippen LogP contribution in [0.3, 0.4) is 0 Å². The number of imidazole rings is 1. The molecule has 0 fully saturated rings. The molecule has 0 bridgehead atoms. The second kappa shape index (κ2) is 3.40. The summed E-state index contributed by atoms with van der Waals surface area (Å²) in [7, 11) is 0. The van der Waals surface area contributed by atoms with Crippen molar-refractivity contribution in [2.45, 2.75) is 12.5 Å². The molecule has 1 atom stereocenters. The van der Waals surface area contributed by atoms with Crippen LogP contribution in [-0.4, -0.2) is 25.3 Å². The van der Waals surface area contributed by atoms with E-state index in [-0.39, 0.29) is 0 Å². The van der Waals surface area contributed by atoms with E-state index in [9.17, 15) is 5.11 Å². The first-order chi connectivity index (χ1) is 6.36. The molecule has 0 saturated heterocycles. The van der Waals surface area contributed by atoms with E-state index in [1.807, 2.05) is 0 Å². The van der Waals surface area contributed by atoms with Crippen LogP contribution >= 0.6 is 0 Å². The predicted molar refractivity (Wildman–Crippen MR) is 45.8 cm³/mol. The zero-order valence-electron chi connectivity index (χ0n) is 6.94. The molecule has 2 aromatic rings. The maximum atomic E-state index is 9.66. The van der Waals surface area contributed by atoms with Crippen LogP contribution in [0, 0.1) is 0 Å². The van der Waals surface area contributed by atoms with Gasteiger partial charge in [-0.25, -0.2) is 4.98 Å². The Hall–Kier alpha value is -1.62. The van der Waals surface area contributed by atoms with E-state index in [4.69, 9.17) is 0 Å². The molecular weight excluding hydrogens is 168 g/mol. The highest BCUT2D eigenvalue weighted by atomic mass is 16.3. The molecule has 5 nitrogen and oxygen atoms in total. The van der Waals surface area contributed by atoms with Gasteiger partial charge in [-0.3, -0.25) is 5.10 Å². The van der Waals surface area contributed by atoms with E-state index in [0.717, 1.165) is 11.4 Å². The van der Waals surface area contributed by atoms with E-state index in [2.05, 4.69) is 20.2 Å². The summed E-state index contributed by atoms with van der Waals surface area (Å²) in [5.41, 5.74) is 0.774. The molecule has 13 heavy (non-hydrogen) atoms. The predicted octanol–water partition coefficient (Wildman–Crippen LogP) is 0.409. The van der Waals surface area contributed by atoms with Crippen LogP contribution in [0.1, 0.15) is 17.5 Å². The Balaban J connectivity index is 2.04. The quantitative estimate of drug-likeness (QED) is 0.637. The summed E-state index contributed by atoms with van der Waals surface area (Å²) in [6.45, 7) is 0. The summed E-state index contributed by atoms with van der Waals surface area (Å²) in [6, 6.07) is 0. The summed E-state index contributed by atoms with van der Waals surface area (Å²) >= 11 is 0. The molecular formula is C8H10N4O. The van der Waals surface area contributed by atoms with Gasteiger partial charge in [0, 0.05) is 30.6 Å². The minimum atomic E-state index is -0.551. The van der Waals surface area contributed by atoms with Crippen LogP contribution in [0.5, 0.6) is 0 Å². The van der Waals surface area contributed by atoms with Crippen molar-refractivity contribution in [2.75, 3.05) is 0 Å². The third-order valence-electron chi connectivity index (χ3n) is 1.85. The van der Waals surface area contributed by atoms with Crippen molar-refractivity contribution in [2.24, 2.45) is 0 Å². The SMILES string of the molecule is OC(Cc1ncc[nH]1)c1cn[nH]c1. The van der Waals surface area contributed by atoms with Gasteiger partial charge in [0.05, 0.1) is 12.3 Å². The van der Waals surface area contributed by atoms with E-state index in [1.165, 1.54) is 0 Å². The van der Waals surface area contributed by atoms with Crippen molar-refractivity contribution in [1.82, 2.24) is 20.2 Å². The van der Waals surface area contributed by atoms with Crippen LogP contribution in [-0.2, 0) is 6.42 Å². The lowest BCUT2D eigenvalue weighted by Crippen LogP contribution is -2.01. The van der Waals surface area contributed by atoms with Gasteiger partial charge in [-0.05, 0) is 0 Å². The Kier molecular flexibility index (Phi) is 2.09. The molecule has 0 saturated carbocycles.